The van der Waals surface area contributed by atoms with Crippen LogP contribution in [0.2, 0.25) is 0 Å². The lowest BCUT2D eigenvalue weighted by Crippen LogP contribution is -2.34. The van der Waals surface area contributed by atoms with Crippen molar-refractivity contribution in [3.05, 3.63) is 78.4 Å². The Morgan fingerprint density at radius 2 is 1.62 bits per heavy atom. The highest BCUT2D eigenvalue weighted by Crippen LogP contribution is 2.35. The van der Waals surface area contributed by atoms with Gasteiger partial charge in [-0.15, -0.1) is 0 Å². The Morgan fingerprint density at radius 1 is 0.906 bits per heavy atom. The number of benzene rings is 3. The lowest BCUT2D eigenvalue weighted by molar-refractivity contribution is -0.120. The van der Waals surface area contributed by atoms with Gasteiger partial charge in [0.15, 0.2) is 23.2 Å². The lowest BCUT2D eigenvalue weighted by atomic mass is 10.2. The van der Waals surface area contributed by atoms with Crippen LogP contribution in [0, 0.1) is 0 Å². The molecule has 0 saturated carbocycles. The van der Waals surface area contributed by atoms with Gasteiger partial charge in [0.2, 0.25) is 0 Å². The zero-order chi connectivity index (χ0) is 22.3. The minimum Gasteiger partial charge on any atom is -0.493 e. The molecule has 0 bridgehead atoms. The van der Waals surface area contributed by atoms with E-state index in [1.807, 2.05) is 67.6 Å². The first kappa shape index (κ1) is 21.6. The second kappa shape index (κ2) is 10.2. The summed E-state index contributed by atoms with van der Waals surface area (Å²) in [4.78, 5) is 19.7. The highest BCUT2D eigenvalue weighted by atomic mass is 32.1. The van der Waals surface area contributed by atoms with Crippen molar-refractivity contribution < 1.29 is 19.0 Å². The van der Waals surface area contributed by atoms with E-state index in [4.69, 9.17) is 19.2 Å². The standard InChI is InChI=1S/C25H24N2O4S/c1-3-30-21-14-9-15-22-24(21)26-25(32-22)27(16-18-10-5-4-6-11-18)23(28)17-31-20-13-8-7-12-19(20)29-2/h4-15H,3,16-17H2,1-2H3. The van der Waals surface area contributed by atoms with Crippen molar-refractivity contribution >= 4 is 32.6 Å². The van der Waals surface area contributed by atoms with Gasteiger partial charge in [-0.2, -0.15) is 0 Å². The average molecular weight is 449 g/mol. The Bertz CT molecular complexity index is 1190. The SMILES string of the molecule is CCOc1cccc2sc(N(Cc3ccccc3)C(=O)COc3ccccc3OC)nc12. The molecular formula is C25H24N2O4S. The van der Waals surface area contributed by atoms with Crippen LogP contribution in [0.25, 0.3) is 10.2 Å². The van der Waals surface area contributed by atoms with Crippen molar-refractivity contribution in [2.45, 2.75) is 13.5 Å². The van der Waals surface area contributed by atoms with Crippen LogP contribution < -0.4 is 19.1 Å². The monoisotopic (exact) mass is 448 g/mol. The number of aromatic nitrogens is 1. The molecule has 0 radical (unpaired) electrons. The summed E-state index contributed by atoms with van der Waals surface area (Å²) in [5, 5.41) is 0.602. The Morgan fingerprint density at radius 3 is 2.38 bits per heavy atom. The first-order valence-electron chi connectivity index (χ1n) is 10.3. The maximum Gasteiger partial charge on any atom is 0.267 e. The van der Waals surface area contributed by atoms with Gasteiger partial charge in [0.1, 0.15) is 11.3 Å². The highest BCUT2D eigenvalue weighted by Gasteiger charge is 2.22. The Labute approximate surface area is 191 Å². The molecule has 7 heteroatoms. The summed E-state index contributed by atoms with van der Waals surface area (Å²) in [5.74, 6) is 1.61. The van der Waals surface area contributed by atoms with Crippen LogP contribution in [0.15, 0.2) is 72.8 Å². The zero-order valence-corrected chi connectivity index (χ0v) is 18.8. The van der Waals surface area contributed by atoms with Crippen LogP contribution in [0.4, 0.5) is 5.13 Å². The summed E-state index contributed by atoms with van der Waals surface area (Å²) >= 11 is 1.46. The molecule has 0 N–H and O–H groups in total. The number of carbonyl (C=O) groups is 1. The summed E-state index contributed by atoms with van der Waals surface area (Å²) < 4.78 is 17.8. The molecule has 164 valence electrons. The fourth-order valence-corrected chi connectivity index (χ4v) is 4.28. The van der Waals surface area contributed by atoms with Gasteiger partial charge in [0.05, 0.1) is 25.0 Å². The number of nitrogens with zero attached hydrogens (tertiary/aromatic N) is 2. The van der Waals surface area contributed by atoms with Gasteiger partial charge < -0.3 is 14.2 Å². The zero-order valence-electron chi connectivity index (χ0n) is 18.0. The van der Waals surface area contributed by atoms with E-state index in [9.17, 15) is 4.79 Å². The van der Waals surface area contributed by atoms with Gasteiger partial charge in [0.25, 0.3) is 5.91 Å². The first-order valence-corrected chi connectivity index (χ1v) is 11.1. The van der Waals surface area contributed by atoms with Crippen LogP contribution in [-0.2, 0) is 11.3 Å². The average Bonchev–Trinajstić information content (AvgIpc) is 3.27. The predicted octanol–water partition coefficient (Wildman–Crippen LogP) is 5.32. The predicted molar refractivity (Wildman–Crippen MR) is 127 cm³/mol. The van der Waals surface area contributed by atoms with Crippen molar-refractivity contribution in [1.29, 1.82) is 0 Å². The third-order valence-corrected chi connectivity index (χ3v) is 5.85. The number of methoxy groups -OCH3 is 1. The molecular weight excluding hydrogens is 424 g/mol. The van der Waals surface area contributed by atoms with Crippen molar-refractivity contribution in [2.24, 2.45) is 0 Å². The van der Waals surface area contributed by atoms with E-state index in [1.165, 1.54) is 11.3 Å². The molecule has 4 aromatic rings. The Hall–Kier alpha value is -3.58. The van der Waals surface area contributed by atoms with Gasteiger partial charge in [-0.3, -0.25) is 9.69 Å². The molecule has 0 fully saturated rings. The van der Waals surface area contributed by atoms with Crippen LogP contribution in [-0.4, -0.2) is 31.2 Å². The van der Waals surface area contributed by atoms with E-state index in [2.05, 4.69) is 0 Å². The number of carbonyl (C=O) groups excluding carboxylic acids is 1. The molecule has 32 heavy (non-hydrogen) atoms. The molecule has 3 aromatic carbocycles. The third kappa shape index (κ3) is 4.84. The second-order valence-electron chi connectivity index (χ2n) is 6.94. The van der Waals surface area contributed by atoms with Crippen LogP contribution in [0.1, 0.15) is 12.5 Å². The summed E-state index contributed by atoms with van der Waals surface area (Å²) in [6.07, 6.45) is 0. The summed E-state index contributed by atoms with van der Waals surface area (Å²) in [7, 11) is 1.57. The molecule has 4 rings (SSSR count). The Kier molecular flexibility index (Phi) is 6.87. The van der Waals surface area contributed by atoms with Gasteiger partial charge >= 0.3 is 0 Å². The van der Waals surface area contributed by atoms with E-state index in [-0.39, 0.29) is 12.5 Å². The molecule has 1 amide bonds. The van der Waals surface area contributed by atoms with Crippen LogP contribution >= 0.6 is 11.3 Å². The van der Waals surface area contributed by atoms with E-state index in [1.54, 1.807) is 24.1 Å². The number of hydrogen-bond acceptors (Lipinski definition) is 6. The van der Waals surface area contributed by atoms with Crippen molar-refractivity contribution in [3.8, 4) is 17.2 Å². The number of fused-ring (bicyclic) bond motifs is 1. The first-order chi connectivity index (χ1) is 15.7. The minimum atomic E-state index is -0.197. The van der Waals surface area contributed by atoms with E-state index in [0.717, 1.165) is 15.8 Å². The van der Waals surface area contributed by atoms with E-state index < -0.39 is 0 Å². The number of rotatable bonds is 9. The molecule has 6 nitrogen and oxygen atoms in total. The van der Waals surface area contributed by atoms with Gasteiger partial charge in [-0.05, 0) is 36.8 Å². The molecule has 0 atom stereocenters. The van der Waals surface area contributed by atoms with E-state index in [0.29, 0.717) is 35.5 Å². The molecule has 0 aliphatic carbocycles. The summed E-state index contributed by atoms with van der Waals surface area (Å²) in [6, 6.07) is 22.9. The van der Waals surface area contributed by atoms with Crippen molar-refractivity contribution in [1.82, 2.24) is 4.98 Å². The van der Waals surface area contributed by atoms with Crippen molar-refractivity contribution in [2.75, 3.05) is 25.2 Å². The quantitative estimate of drug-likeness (QED) is 0.347. The topological polar surface area (TPSA) is 60.9 Å². The number of thiazole rings is 1. The maximum atomic E-state index is 13.3. The number of ether oxygens (including phenoxy) is 3. The number of para-hydroxylation sites is 3. The maximum absolute atomic E-state index is 13.3. The minimum absolute atomic E-state index is 0.137. The van der Waals surface area contributed by atoms with Gasteiger partial charge in [-0.1, -0.05) is 59.9 Å². The van der Waals surface area contributed by atoms with Gasteiger partial charge in [0, 0.05) is 0 Å². The number of anilines is 1. The fraction of sp³-hybridized carbons (Fsp3) is 0.200. The summed E-state index contributed by atoms with van der Waals surface area (Å²) in [5.41, 5.74) is 1.76. The smallest absolute Gasteiger partial charge is 0.267 e. The van der Waals surface area contributed by atoms with Crippen LogP contribution in [0.3, 0.4) is 0 Å². The molecule has 0 saturated heterocycles. The van der Waals surface area contributed by atoms with Gasteiger partial charge in [-0.25, -0.2) is 4.98 Å². The fourth-order valence-electron chi connectivity index (χ4n) is 3.28. The number of hydrogen-bond donors (Lipinski definition) is 0. The molecule has 0 unspecified atom stereocenters. The van der Waals surface area contributed by atoms with Crippen LogP contribution in [0.5, 0.6) is 17.2 Å². The normalized spacial score (nSPS) is 10.7. The molecule has 0 spiro atoms. The number of amides is 1. The summed E-state index contributed by atoms with van der Waals surface area (Å²) in [6.45, 7) is 2.73. The Balaban J connectivity index is 1.63. The highest BCUT2D eigenvalue weighted by molar-refractivity contribution is 7.22. The second-order valence-corrected chi connectivity index (χ2v) is 7.95. The molecule has 1 aromatic heterocycles. The molecule has 0 aliphatic heterocycles. The molecule has 0 aliphatic rings. The molecule has 1 heterocycles. The largest absolute Gasteiger partial charge is 0.493 e. The third-order valence-electron chi connectivity index (χ3n) is 4.81. The van der Waals surface area contributed by atoms with Crippen molar-refractivity contribution in [3.63, 3.8) is 0 Å². The lowest BCUT2D eigenvalue weighted by Gasteiger charge is -2.20. The van der Waals surface area contributed by atoms with E-state index >= 15 is 0 Å².